The summed E-state index contributed by atoms with van der Waals surface area (Å²) in [5, 5.41) is 7.17. The topological polar surface area (TPSA) is 127 Å². The van der Waals surface area contributed by atoms with Crippen molar-refractivity contribution in [3.05, 3.63) is 27.3 Å². The molecule has 0 fully saturated rings. The first-order chi connectivity index (χ1) is 10.8. The minimum Gasteiger partial charge on any atom is -0.361 e. The van der Waals surface area contributed by atoms with E-state index in [1.165, 1.54) is 4.90 Å². The van der Waals surface area contributed by atoms with Gasteiger partial charge >= 0.3 is 17.8 Å². The summed E-state index contributed by atoms with van der Waals surface area (Å²) >= 11 is 1.60. The molecule has 9 nitrogen and oxygen atoms in total. The van der Waals surface area contributed by atoms with Gasteiger partial charge in [0, 0.05) is 11.9 Å². The van der Waals surface area contributed by atoms with Crippen LogP contribution in [0.1, 0.15) is 45.1 Å². The van der Waals surface area contributed by atoms with Crippen LogP contribution >= 0.6 is 11.3 Å². The molecule has 0 spiro atoms. The molecule has 3 N–H and O–H groups in total. The van der Waals surface area contributed by atoms with Crippen molar-refractivity contribution in [3.63, 3.8) is 0 Å². The lowest BCUT2D eigenvalue weighted by atomic mass is 10.2. The Kier molecular flexibility index (Phi) is 4.94. The van der Waals surface area contributed by atoms with Crippen LogP contribution in [-0.2, 0) is 6.54 Å². The van der Waals surface area contributed by atoms with Crippen molar-refractivity contribution in [2.45, 2.75) is 33.4 Å². The summed E-state index contributed by atoms with van der Waals surface area (Å²) in [5.74, 6) is -0.923. The second-order valence-electron chi connectivity index (χ2n) is 5.00. The molecule has 0 aliphatic carbocycles. The van der Waals surface area contributed by atoms with Gasteiger partial charge in [-0.1, -0.05) is 5.16 Å². The van der Waals surface area contributed by atoms with E-state index in [0.717, 1.165) is 15.6 Å². The number of hydrogen-bond acceptors (Lipinski definition) is 7. The molecule has 2 aromatic rings. The monoisotopic (exact) mass is 338 g/mol. The van der Waals surface area contributed by atoms with E-state index >= 15 is 0 Å². The lowest BCUT2D eigenvalue weighted by Crippen LogP contribution is -2.38. The van der Waals surface area contributed by atoms with Crippen LogP contribution in [-0.4, -0.2) is 39.0 Å². The minimum absolute atomic E-state index is 0.0295. The first kappa shape index (κ1) is 16.9. The molecule has 0 aliphatic rings. The number of hydrogen-bond donors (Lipinski definition) is 2. The van der Waals surface area contributed by atoms with Crippen LogP contribution in [0.4, 0.5) is 4.79 Å². The van der Waals surface area contributed by atoms with Crippen molar-refractivity contribution in [2.24, 2.45) is 5.73 Å². The Morgan fingerprint density at radius 2 is 2.09 bits per heavy atom. The highest BCUT2D eigenvalue weighted by Crippen LogP contribution is 2.25. The number of carbonyl (C=O) groups is 2. The Morgan fingerprint density at radius 1 is 1.39 bits per heavy atom. The molecule has 1 unspecified atom stereocenters. The van der Waals surface area contributed by atoms with Crippen molar-refractivity contribution in [3.8, 4) is 0 Å². The number of primary amides is 1. The Morgan fingerprint density at radius 3 is 2.61 bits per heavy atom. The number of nitrogens with two attached hydrogens (primary N) is 1. The Bertz CT molecular complexity index is 725. The quantitative estimate of drug-likeness (QED) is 0.841. The van der Waals surface area contributed by atoms with Crippen molar-refractivity contribution in [1.82, 2.24) is 25.3 Å². The standard InChI is InChI=1S/C13H18N6O3S/c1-6(10-7(2)23-8(3)16-10)19(4)13(21)15-5-9-17-12(11(14)20)22-18-9/h6H,5H2,1-4H3,(H2,14,20)(H,15,21). The maximum Gasteiger partial charge on any atom is 0.318 e. The molecule has 0 aromatic carbocycles. The van der Waals surface area contributed by atoms with Crippen LogP contribution in [0.3, 0.4) is 0 Å². The first-order valence-corrected chi connectivity index (χ1v) is 7.68. The third kappa shape index (κ3) is 3.83. The van der Waals surface area contributed by atoms with Crippen LogP contribution in [0.5, 0.6) is 0 Å². The second-order valence-corrected chi connectivity index (χ2v) is 6.41. The van der Waals surface area contributed by atoms with Crippen LogP contribution in [0.25, 0.3) is 0 Å². The first-order valence-electron chi connectivity index (χ1n) is 6.86. The molecule has 124 valence electrons. The van der Waals surface area contributed by atoms with Crippen molar-refractivity contribution in [2.75, 3.05) is 7.05 Å². The number of urea groups is 1. The van der Waals surface area contributed by atoms with Gasteiger partial charge in [0.05, 0.1) is 23.3 Å². The molecule has 1 atom stereocenters. The Hall–Kier alpha value is -2.49. The summed E-state index contributed by atoms with van der Waals surface area (Å²) in [4.78, 5) is 33.9. The number of thiazole rings is 1. The summed E-state index contributed by atoms with van der Waals surface area (Å²) in [7, 11) is 1.68. The highest BCUT2D eigenvalue weighted by atomic mass is 32.1. The van der Waals surface area contributed by atoms with Crippen LogP contribution in [0.15, 0.2) is 4.52 Å². The smallest absolute Gasteiger partial charge is 0.318 e. The van der Waals surface area contributed by atoms with Crippen molar-refractivity contribution >= 4 is 23.3 Å². The average molecular weight is 338 g/mol. The van der Waals surface area contributed by atoms with Gasteiger partial charge in [-0.2, -0.15) is 4.98 Å². The van der Waals surface area contributed by atoms with E-state index < -0.39 is 5.91 Å². The van der Waals surface area contributed by atoms with E-state index in [1.807, 2.05) is 20.8 Å². The third-order valence-corrected chi connectivity index (χ3v) is 4.22. The second kappa shape index (κ2) is 6.73. The number of aromatic nitrogens is 3. The fourth-order valence-electron chi connectivity index (χ4n) is 2.00. The summed E-state index contributed by atoms with van der Waals surface area (Å²) < 4.78 is 4.64. The van der Waals surface area contributed by atoms with Crippen LogP contribution in [0, 0.1) is 13.8 Å². The zero-order chi connectivity index (χ0) is 17.1. The molecular formula is C13H18N6O3S. The molecule has 3 amide bonds. The molecule has 0 aliphatic heterocycles. The minimum atomic E-state index is -0.810. The molecule has 10 heteroatoms. The normalized spacial score (nSPS) is 12.0. The van der Waals surface area contributed by atoms with Crippen molar-refractivity contribution in [1.29, 1.82) is 0 Å². The lowest BCUT2D eigenvalue weighted by molar-refractivity contribution is 0.0958. The van der Waals surface area contributed by atoms with Gasteiger partial charge in [0.15, 0.2) is 5.82 Å². The van der Waals surface area contributed by atoms with Crippen molar-refractivity contribution < 1.29 is 14.1 Å². The molecule has 2 aromatic heterocycles. The number of aryl methyl sites for hydroxylation is 2. The fraction of sp³-hybridized carbons (Fsp3) is 0.462. The summed E-state index contributed by atoms with van der Waals surface area (Å²) in [6.07, 6.45) is 0. The fourth-order valence-corrected chi connectivity index (χ4v) is 2.91. The number of nitrogens with one attached hydrogen (secondary N) is 1. The van der Waals surface area contributed by atoms with E-state index in [-0.39, 0.29) is 30.3 Å². The molecule has 0 saturated carbocycles. The number of nitrogens with zero attached hydrogens (tertiary/aromatic N) is 4. The molecular weight excluding hydrogens is 320 g/mol. The van der Waals surface area contributed by atoms with Gasteiger partial charge in [0.25, 0.3) is 0 Å². The Labute approximate surface area is 136 Å². The van der Waals surface area contributed by atoms with E-state index in [4.69, 9.17) is 5.73 Å². The number of amides is 3. The molecule has 0 radical (unpaired) electrons. The average Bonchev–Trinajstić information content (AvgIpc) is 3.09. The van der Waals surface area contributed by atoms with E-state index in [0.29, 0.717) is 0 Å². The Balaban J connectivity index is 1.96. The maximum absolute atomic E-state index is 12.2. The van der Waals surface area contributed by atoms with Gasteiger partial charge in [-0.25, -0.2) is 9.78 Å². The van der Waals surface area contributed by atoms with Gasteiger partial charge in [-0.05, 0) is 20.8 Å². The van der Waals surface area contributed by atoms with Gasteiger partial charge in [-0.15, -0.1) is 11.3 Å². The number of rotatable bonds is 5. The van der Waals surface area contributed by atoms with Gasteiger partial charge in [0.1, 0.15) is 0 Å². The SMILES string of the molecule is Cc1nc(C(C)N(C)C(=O)NCc2noc(C(N)=O)n2)c(C)s1. The van der Waals surface area contributed by atoms with Crippen LogP contribution in [0.2, 0.25) is 0 Å². The predicted octanol–water partition coefficient (Wildman–Crippen LogP) is 1.14. The predicted molar refractivity (Wildman–Crippen MR) is 82.8 cm³/mol. The zero-order valence-corrected chi connectivity index (χ0v) is 14.1. The maximum atomic E-state index is 12.2. The largest absolute Gasteiger partial charge is 0.361 e. The molecule has 2 rings (SSSR count). The molecule has 2 heterocycles. The lowest BCUT2D eigenvalue weighted by Gasteiger charge is -2.24. The highest BCUT2D eigenvalue weighted by Gasteiger charge is 2.22. The summed E-state index contributed by atoms with van der Waals surface area (Å²) in [6, 6.07) is -0.487. The third-order valence-electron chi connectivity index (χ3n) is 3.31. The number of carbonyl (C=O) groups excluding carboxylic acids is 2. The van der Waals surface area contributed by atoms with E-state index in [2.05, 4.69) is 25.0 Å². The summed E-state index contributed by atoms with van der Waals surface area (Å²) in [5.41, 5.74) is 5.89. The zero-order valence-electron chi connectivity index (χ0n) is 13.3. The van der Waals surface area contributed by atoms with Gasteiger partial charge in [-0.3, -0.25) is 4.79 Å². The molecule has 0 bridgehead atoms. The van der Waals surface area contributed by atoms with Gasteiger partial charge in [0.2, 0.25) is 0 Å². The van der Waals surface area contributed by atoms with Crippen LogP contribution < -0.4 is 11.1 Å². The summed E-state index contributed by atoms with van der Waals surface area (Å²) in [6.45, 7) is 5.84. The highest BCUT2D eigenvalue weighted by molar-refractivity contribution is 7.11. The van der Waals surface area contributed by atoms with Gasteiger partial charge < -0.3 is 20.5 Å². The molecule has 23 heavy (non-hydrogen) atoms. The van der Waals surface area contributed by atoms with E-state index in [9.17, 15) is 9.59 Å². The molecule has 0 saturated heterocycles. The van der Waals surface area contributed by atoms with E-state index in [1.54, 1.807) is 18.4 Å².